The molecule has 38 heavy (non-hydrogen) atoms. The van der Waals surface area contributed by atoms with E-state index in [0.717, 1.165) is 33.3 Å². The van der Waals surface area contributed by atoms with Crippen molar-refractivity contribution < 1.29 is 23.8 Å². The van der Waals surface area contributed by atoms with Gasteiger partial charge in [0.2, 0.25) is 17.6 Å². The van der Waals surface area contributed by atoms with Gasteiger partial charge in [-0.2, -0.15) is 0 Å². The number of nitrogens with zero attached hydrogens (tertiary/aromatic N) is 2. The van der Waals surface area contributed by atoms with Gasteiger partial charge in [0.25, 0.3) is 0 Å². The first kappa shape index (κ1) is 23.9. The molecule has 3 aromatic carbocycles. The number of hydrogen-bond acceptors (Lipinski definition) is 5. The number of fused-ring (bicyclic) bond motifs is 4. The largest absolute Gasteiger partial charge is 0.493 e. The third kappa shape index (κ3) is 3.75. The summed E-state index contributed by atoms with van der Waals surface area (Å²) < 4.78 is 16.8. The number of carbonyl (C=O) groups is 2. The number of methoxy groups -OCH3 is 3. The zero-order chi connectivity index (χ0) is 26.4. The van der Waals surface area contributed by atoms with Crippen LogP contribution in [0, 0.1) is 0 Å². The molecule has 1 N–H and O–H groups in total. The van der Waals surface area contributed by atoms with Gasteiger partial charge in [0.05, 0.1) is 27.4 Å². The van der Waals surface area contributed by atoms with Crippen molar-refractivity contribution in [3.05, 3.63) is 89.1 Å². The Bertz CT molecular complexity index is 1500. The normalized spacial score (nSPS) is 18.8. The van der Waals surface area contributed by atoms with Crippen LogP contribution < -0.4 is 14.2 Å². The zero-order valence-electron chi connectivity index (χ0n) is 21.6. The third-order valence-electron chi connectivity index (χ3n) is 7.56. The number of aromatic amines is 1. The SMILES string of the molecule is COc1cc(C2c3[nH]c4ccccc4c3C[C@H]3C(=O)N(Cc4ccccc4)CC(=O)N23)cc(OC)c1OC. The first-order valence-corrected chi connectivity index (χ1v) is 12.6. The molecule has 2 atom stereocenters. The first-order chi connectivity index (χ1) is 18.5. The fourth-order valence-electron chi connectivity index (χ4n) is 5.87. The van der Waals surface area contributed by atoms with Crippen LogP contribution in [0.25, 0.3) is 10.9 Å². The molecule has 2 aliphatic rings. The molecule has 0 aliphatic carbocycles. The number of carbonyl (C=O) groups excluding carboxylic acids is 2. The second-order valence-electron chi connectivity index (χ2n) is 9.62. The average Bonchev–Trinajstić information content (AvgIpc) is 3.32. The number of rotatable bonds is 6. The van der Waals surface area contributed by atoms with Crippen molar-refractivity contribution in [2.45, 2.75) is 25.0 Å². The molecule has 3 heterocycles. The van der Waals surface area contributed by atoms with E-state index < -0.39 is 12.1 Å². The van der Waals surface area contributed by atoms with E-state index in [4.69, 9.17) is 14.2 Å². The number of piperazine rings is 1. The van der Waals surface area contributed by atoms with Crippen LogP contribution in [0.3, 0.4) is 0 Å². The summed E-state index contributed by atoms with van der Waals surface area (Å²) in [5.41, 5.74) is 4.68. The number of para-hydroxylation sites is 1. The molecule has 0 saturated carbocycles. The van der Waals surface area contributed by atoms with Crippen molar-refractivity contribution in [3.8, 4) is 17.2 Å². The highest BCUT2D eigenvalue weighted by Gasteiger charge is 2.48. The van der Waals surface area contributed by atoms with Crippen LogP contribution in [0.2, 0.25) is 0 Å². The van der Waals surface area contributed by atoms with Crippen LogP contribution in [0.1, 0.15) is 28.4 Å². The van der Waals surface area contributed by atoms with Gasteiger partial charge in [-0.05, 0) is 34.9 Å². The minimum Gasteiger partial charge on any atom is -0.493 e. The summed E-state index contributed by atoms with van der Waals surface area (Å²) in [5, 5.41) is 1.06. The number of hydrogen-bond donors (Lipinski definition) is 1. The second kappa shape index (κ2) is 9.45. The Kier molecular flexibility index (Phi) is 5.94. The smallest absolute Gasteiger partial charge is 0.246 e. The number of aromatic nitrogens is 1. The Morgan fingerprint density at radius 2 is 1.58 bits per heavy atom. The standard InChI is InChI=1S/C30H29N3O5/c1-36-24-13-19(14-25(37-2)29(24)38-3)28-27-21(20-11-7-8-12-22(20)31-27)15-23-30(35)32(17-26(34)33(23)28)16-18-9-5-4-6-10-18/h4-14,23,28,31H,15-17H2,1-3H3/t23-,28?/m0/s1. The molecule has 0 bridgehead atoms. The summed E-state index contributed by atoms with van der Waals surface area (Å²) in [6.07, 6.45) is 0.441. The molecule has 0 spiro atoms. The van der Waals surface area contributed by atoms with Gasteiger partial charge in [-0.25, -0.2) is 0 Å². The predicted octanol–water partition coefficient (Wildman–Crippen LogP) is 4.08. The van der Waals surface area contributed by atoms with Crippen molar-refractivity contribution in [3.63, 3.8) is 0 Å². The quantitative estimate of drug-likeness (QED) is 0.422. The molecular formula is C30H29N3O5. The Hall–Kier alpha value is -4.46. The lowest BCUT2D eigenvalue weighted by Crippen LogP contribution is -2.62. The lowest BCUT2D eigenvalue weighted by atomic mass is 9.86. The Balaban J connectivity index is 1.50. The Morgan fingerprint density at radius 3 is 2.26 bits per heavy atom. The maximum absolute atomic E-state index is 14.0. The number of benzene rings is 3. The van der Waals surface area contributed by atoms with E-state index in [0.29, 0.717) is 30.2 Å². The molecule has 1 unspecified atom stereocenters. The highest BCUT2D eigenvalue weighted by molar-refractivity contribution is 5.97. The van der Waals surface area contributed by atoms with Crippen LogP contribution in [0.15, 0.2) is 66.7 Å². The van der Waals surface area contributed by atoms with E-state index in [2.05, 4.69) is 11.1 Å². The topological polar surface area (TPSA) is 84.1 Å². The minimum atomic E-state index is -0.629. The number of H-pyrrole nitrogens is 1. The summed E-state index contributed by atoms with van der Waals surface area (Å²) in [7, 11) is 4.69. The highest BCUT2D eigenvalue weighted by Crippen LogP contribution is 2.47. The molecular weight excluding hydrogens is 482 g/mol. The zero-order valence-corrected chi connectivity index (χ0v) is 21.6. The van der Waals surface area contributed by atoms with Gasteiger partial charge in [-0.3, -0.25) is 9.59 Å². The van der Waals surface area contributed by atoms with Gasteiger partial charge in [-0.1, -0.05) is 48.5 Å². The van der Waals surface area contributed by atoms with Crippen LogP contribution in [-0.2, 0) is 22.6 Å². The van der Waals surface area contributed by atoms with E-state index in [1.54, 1.807) is 31.1 Å². The van der Waals surface area contributed by atoms with E-state index >= 15 is 0 Å². The van der Waals surface area contributed by atoms with Gasteiger partial charge in [0.15, 0.2) is 11.5 Å². The molecule has 1 saturated heterocycles. The molecule has 0 radical (unpaired) electrons. The molecule has 194 valence electrons. The predicted molar refractivity (Wildman–Crippen MR) is 142 cm³/mol. The molecule has 2 amide bonds. The third-order valence-corrected chi connectivity index (χ3v) is 7.56. The lowest BCUT2D eigenvalue weighted by molar-refractivity contribution is -0.159. The Morgan fingerprint density at radius 1 is 0.895 bits per heavy atom. The summed E-state index contributed by atoms with van der Waals surface area (Å²) in [5.74, 6) is 1.29. The van der Waals surface area contributed by atoms with E-state index in [1.165, 1.54) is 0 Å². The summed E-state index contributed by atoms with van der Waals surface area (Å²) >= 11 is 0. The second-order valence-corrected chi connectivity index (χ2v) is 9.62. The van der Waals surface area contributed by atoms with E-state index in [9.17, 15) is 9.59 Å². The van der Waals surface area contributed by atoms with Crippen molar-refractivity contribution in [2.24, 2.45) is 0 Å². The van der Waals surface area contributed by atoms with Gasteiger partial charge in [0, 0.05) is 29.6 Å². The van der Waals surface area contributed by atoms with Crippen LogP contribution >= 0.6 is 0 Å². The number of amides is 2. The van der Waals surface area contributed by atoms with Crippen molar-refractivity contribution in [1.82, 2.24) is 14.8 Å². The molecule has 6 rings (SSSR count). The lowest BCUT2D eigenvalue weighted by Gasteiger charge is -2.47. The van der Waals surface area contributed by atoms with Gasteiger partial charge in [0.1, 0.15) is 12.6 Å². The van der Waals surface area contributed by atoms with Gasteiger partial charge < -0.3 is 29.0 Å². The van der Waals surface area contributed by atoms with Crippen molar-refractivity contribution in [2.75, 3.05) is 27.9 Å². The molecule has 1 aromatic heterocycles. The van der Waals surface area contributed by atoms with Crippen LogP contribution in [-0.4, -0.2) is 60.5 Å². The number of ether oxygens (including phenoxy) is 3. The minimum absolute atomic E-state index is 0.0146. The van der Waals surface area contributed by atoms with Crippen LogP contribution in [0.5, 0.6) is 17.2 Å². The summed E-state index contributed by atoms with van der Waals surface area (Å²) in [4.78, 5) is 34.8. The summed E-state index contributed by atoms with van der Waals surface area (Å²) in [6.45, 7) is 0.409. The van der Waals surface area contributed by atoms with Gasteiger partial charge >= 0.3 is 0 Å². The first-order valence-electron chi connectivity index (χ1n) is 12.6. The average molecular weight is 512 g/mol. The monoisotopic (exact) mass is 511 g/mol. The molecule has 8 heteroatoms. The molecule has 4 aromatic rings. The summed E-state index contributed by atoms with van der Waals surface area (Å²) in [6, 6.07) is 20.4. The molecule has 1 fully saturated rings. The van der Waals surface area contributed by atoms with Crippen molar-refractivity contribution in [1.29, 1.82) is 0 Å². The Labute approximate surface area is 220 Å². The molecule has 2 aliphatic heterocycles. The fourth-order valence-corrected chi connectivity index (χ4v) is 5.87. The highest BCUT2D eigenvalue weighted by atomic mass is 16.5. The van der Waals surface area contributed by atoms with E-state index in [1.807, 2.05) is 60.7 Å². The molecule has 8 nitrogen and oxygen atoms in total. The number of nitrogens with one attached hydrogen (secondary N) is 1. The van der Waals surface area contributed by atoms with Gasteiger partial charge in [-0.15, -0.1) is 0 Å². The van der Waals surface area contributed by atoms with E-state index in [-0.39, 0.29) is 18.4 Å². The maximum atomic E-state index is 14.0. The maximum Gasteiger partial charge on any atom is 0.246 e. The van der Waals surface area contributed by atoms with Crippen LogP contribution in [0.4, 0.5) is 0 Å². The van der Waals surface area contributed by atoms with Crippen molar-refractivity contribution >= 4 is 22.7 Å². The fraction of sp³-hybridized carbons (Fsp3) is 0.267.